The lowest BCUT2D eigenvalue weighted by atomic mass is 9.92. The summed E-state index contributed by atoms with van der Waals surface area (Å²) in [6.07, 6.45) is -2.28. The van der Waals surface area contributed by atoms with Crippen LogP contribution in [0.4, 0.5) is 18.9 Å². The lowest BCUT2D eigenvalue weighted by Crippen LogP contribution is -2.60. The van der Waals surface area contributed by atoms with Crippen LogP contribution in [0.1, 0.15) is 19.8 Å². The summed E-state index contributed by atoms with van der Waals surface area (Å²) in [7, 11) is 0. The molecule has 6 heteroatoms. The van der Waals surface area contributed by atoms with Gasteiger partial charge in [-0.05, 0) is 37.8 Å². The number of para-hydroxylation sites is 2. The molecule has 1 aliphatic heterocycles. The van der Waals surface area contributed by atoms with E-state index in [1.807, 2.05) is 4.90 Å². The standard InChI is InChI=1S/C15H19F3N2O/c1-14(11-6-7-11)10-20(9-8-19-14)12-4-2-3-5-13(12)21-15(16,17)18/h2-5,11,19H,6-10H2,1H3. The van der Waals surface area contributed by atoms with Gasteiger partial charge in [0, 0.05) is 25.2 Å². The molecule has 1 saturated heterocycles. The van der Waals surface area contributed by atoms with Gasteiger partial charge in [0.05, 0.1) is 5.69 Å². The second kappa shape index (κ2) is 5.09. The normalized spacial score (nSPS) is 26.8. The van der Waals surface area contributed by atoms with Crippen molar-refractivity contribution in [2.45, 2.75) is 31.7 Å². The molecule has 2 aliphatic rings. The zero-order valence-corrected chi connectivity index (χ0v) is 11.9. The molecule has 116 valence electrons. The lowest BCUT2D eigenvalue weighted by molar-refractivity contribution is -0.274. The van der Waals surface area contributed by atoms with Crippen molar-refractivity contribution in [1.29, 1.82) is 0 Å². The molecular formula is C15H19F3N2O. The van der Waals surface area contributed by atoms with Crippen LogP contribution in [-0.4, -0.2) is 31.5 Å². The Labute approximate surface area is 122 Å². The van der Waals surface area contributed by atoms with Crippen LogP contribution in [0.3, 0.4) is 0 Å². The lowest BCUT2D eigenvalue weighted by Gasteiger charge is -2.43. The van der Waals surface area contributed by atoms with Crippen LogP contribution in [0, 0.1) is 5.92 Å². The number of rotatable bonds is 3. The largest absolute Gasteiger partial charge is 0.573 e. The minimum absolute atomic E-state index is 0.0242. The first kappa shape index (κ1) is 14.5. The molecule has 3 nitrogen and oxygen atoms in total. The third-order valence-corrected chi connectivity index (χ3v) is 4.34. The third-order valence-electron chi connectivity index (χ3n) is 4.34. The van der Waals surface area contributed by atoms with Gasteiger partial charge in [0.1, 0.15) is 0 Å². The third kappa shape index (κ3) is 3.26. The van der Waals surface area contributed by atoms with Crippen LogP contribution in [0.5, 0.6) is 5.75 Å². The van der Waals surface area contributed by atoms with E-state index in [9.17, 15) is 13.2 Å². The van der Waals surface area contributed by atoms with Crippen LogP contribution in [0.15, 0.2) is 24.3 Å². The summed E-state index contributed by atoms with van der Waals surface area (Å²) in [6.45, 7) is 4.31. The van der Waals surface area contributed by atoms with Crippen LogP contribution in [0.25, 0.3) is 0 Å². The van der Waals surface area contributed by atoms with Gasteiger partial charge in [0.15, 0.2) is 5.75 Å². The van der Waals surface area contributed by atoms with Crippen molar-refractivity contribution >= 4 is 5.69 Å². The predicted octanol–water partition coefficient (Wildman–Crippen LogP) is 3.16. The SMILES string of the molecule is CC1(C2CC2)CN(c2ccccc2OC(F)(F)F)CCN1. The highest BCUT2D eigenvalue weighted by Crippen LogP contribution is 2.42. The number of piperazine rings is 1. The molecule has 1 heterocycles. The number of nitrogens with one attached hydrogen (secondary N) is 1. The molecule has 0 radical (unpaired) electrons. The second-order valence-electron chi connectivity index (χ2n) is 6.06. The van der Waals surface area contributed by atoms with Crippen LogP contribution >= 0.6 is 0 Å². The number of halogens is 3. The number of hydrogen-bond donors (Lipinski definition) is 1. The number of hydrogen-bond acceptors (Lipinski definition) is 3. The summed E-state index contributed by atoms with van der Waals surface area (Å²) < 4.78 is 41.7. The highest BCUT2D eigenvalue weighted by molar-refractivity contribution is 5.59. The van der Waals surface area contributed by atoms with Gasteiger partial charge < -0.3 is 15.0 Å². The minimum Gasteiger partial charge on any atom is -0.404 e. The predicted molar refractivity (Wildman–Crippen MR) is 74.5 cm³/mol. The summed E-state index contributed by atoms with van der Waals surface area (Å²) in [6, 6.07) is 6.38. The molecule has 3 rings (SSSR count). The summed E-state index contributed by atoms with van der Waals surface area (Å²) in [5, 5.41) is 3.52. The van der Waals surface area contributed by atoms with E-state index in [4.69, 9.17) is 0 Å². The molecule has 0 aromatic heterocycles. The van der Waals surface area contributed by atoms with Crippen LogP contribution < -0.4 is 15.0 Å². The minimum atomic E-state index is -4.66. The molecule has 1 atom stereocenters. The van der Waals surface area contributed by atoms with Gasteiger partial charge in [-0.25, -0.2) is 0 Å². The quantitative estimate of drug-likeness (QED) is 0.928. The molecule has 1 unspecified atom stereocenters. The van der Waals surface area contributed by atoms with Gasteiger partial charge in [-0.3, -0.25) is 0 Å². The first-order valence-electron chi connectivity index (χ1n) is 7.22. The smallest absolute Gasteiger partial charge is 0.404 e. The first-order valence-corrected chi connectivity index (χ1v) is 7.22. The molecular weight excluding hydrogens is 281 g/mol. The maximum Gasteiger partial charge on any atom is 0.573 e. The fraction of sp³-hybridized carbons (Fsp3) is 0.600. The van der Waals surface area contributed by atoms with Gasteiger partial charge in [-0.15, -0.1) is 13.2 Å². The highest BCUT2D eigenvalue weighted by atomic mass is 19.4. The summed E-state index contributed by atoms with van der Waals surface area (Å²) in [5.74, 6) is 0.501. The van der Waals surface area contributed by atoms with E-state index < -0.39 is 6.36 Å². The summed E-state index contributed by atoms with van der Waals surface area (Å²) in [5.41, 5.74) is 0.493. The Balaban J connectivity index is 1.82. The zero-order chi connectivity index (χ0) is 15.1. The molecule has 1 aromatic rings. The number of anilines is 1. The Kier molecular flexibility index (Phi) is 3.51. The maximum absolute atomic E-state index is 12.5. The first-order chi connectivity index (χ1) is 9.87. The van der Waals surface area contributed by atoms with E-state index >= 15 is 0 Å². The van der Waals surface area contributed by atoms with Crippen molar-refractivity contribution < 1.29 is 17.9 Å². The van der Waals surface area contributed by atoms with E-state index in [1.165, 1.54) is 18.9 Å². The number of ether oxygens (including phenoxy) is 1. The van der Waals surface area contributed by atoms with Crippen LogP contribution in [-0.2, 0) is 0 Å². The average Bonchev–Trinajstić information content (AvgIpc) is 3.22. The van der Waals surface area contributed by atoms with Gasteiger partial charge in [0.25, 0.3) is 0 Å². The Morgan fingerprint density at radius 2 is 2.00 bits per heavy atom. The van der Waals surface area contributed by atoms with Crippen molar-refractivity contribution in [1.82, 2.24) is 5.32 Å². The van der Waals surface area contributed by atoms with Crippen LogP contribution in [0.2, 0.25) is 0 Å². The molecule has 0 amide bonds. The molecule has 0 bridgehead atoms. The molecule has 1 N–H and O–H groups in total. The molecule has 1 aromatic carbocycles. The van der Waals surface area contributed by atoms with Gasteiger partial charge in [0.2, 0.25) is 0 Å². The Morgan fingerprint density at radius 1 is 1.29 bits per heavy atom. The van der Waals surface area contributed by atoms with E-state index in [0.717, 1.165) is 6.54 Å². The monoisotopic (exact) mass is 300 g/mol. The van der Waals surface area contributed by atoms with E-state index in [0.29, 0.717) is 24.7 Å². The molecule has 2 fully saturated rings. The number of benzene rings is 1. The zero-order valence-electron chi connectivity index (χ0n) is 11.9. The molecule has 21 heavy (non-hydrogen) atoms. The van der Waals surface area contributed by atoms with E-state index in [-0.39, 0.29) is 11.3 Å². The maximum atomic E-state index is 12.5. The van der Waals surface area contributed by atoms with Crippen molar-refractivity contribution in [2.24, 2.45) is 5.92 Å². The Bertz CT molecular complexity index is 516. The number of nitrogens with zero attached hydrogens (tertiary/aromatic N) is 1. The molecule has 0 spiro atoms. The summed E-state index contributed by atoms with van der Waals surface area (Å²) in [4.78, 5) is 2.00. The Hall–Kier alpha value is -1.43. The highest BCUT2D eigenvalue weighted by Gasteiger charge is 2.44. The molecule has 1 saturated carbocycles. The van der Waals surface area contributed by atoms with E-state index in [2.05, 4.69) is 17.0 Å². The van der Waals surface area contributed by atoms with Crippen molar-refractivity contribution in [3.63, 3.8) is 0 Å². The van der Waals surface area contributed by atoms with Gasteiger partial charge >= 0.3 is 6.36 Å². The number of alkyl halides is 3. The molecule has 1 aliphatic carbocycles. The fourth-order valence-corrected chi connectivity index (χ4v) is 3.14. The fourth-order valence-electron chi connectivity index (χ4n) is 3.14. The summed E-state index contributed by atoms with van der Waals surface area (Å²) >= 11 is 0. The van der Waals surface area contributed by atoms with Crippen molar-refractivity contribution in [3.8, 4) is 5.75 Å². The average molecular weight is 300 g/mol. The van der Waals surface area contributed by atoms with Gasteiger partial charge in [-0.2, -0.15) is 0 Å². The second-order valence-corrected chi connectivity index (χ2v) is 6.06. The topological polar surface area (TPSA) is 24.5 Å². The Morgan fingerprint density at radius 3 is 2.67 bits per heavy atom. The van der Waals surface area contributed by atoms with Crippen molar-refractivity contribution in [2.75, 3.05) is 24.5 Å². The van der Waals surface area contributed by atoms with E-state index in [1.54, 1.807) is 18.2 Å². The van der Waals surface area contributed by atoms with Crippen molar-refractivity contribution in [3.05, 3.63) is 24.3 Å². The van der Waals surface area contributed by atoms with Gasteiger partial charge in [-0.1, -0.05) is 12.1 Å².